The van der Waals surface area contributed by atoms with E-state index in [2.05, 4.69) is 55.7 Å². The summed E-state index contributed by atoms with van der Waals surface area (Å²) in [6.45, 7) is 8.54. The van der Waals surface area contributed by atoms with E-state index >= 15 is 0 Å². The van der Waals surface area contributed by atoms with Gasteiger partial charge in [0.05, 0.1) is 6.10 Å². The number of hydrogen-bond donors (Lipinski definition) is 2. The Labute approximate surface area is 123 Å². The van der Waals surface area contributed by atoms with Gasteiger partial charge >= 0.3 is 0 Å². The van der Waals surface area contributed by atoms with Crippen molar-refractivity contribution in [2.75, 3.05) is 13.1 Å². The number of hydrogen-bond acceptors (Lipinski definition) is 3. The standard InChI is InChI=1S/C17H28N2O/c1-13(2)20-17-9-7-15(8-10-17)14(3)19-12-16-6-4-5-11-18-16/h7-10,13-14,16,18-19H,4-6,11-12H2,1-3H3. The molecule has 3 nitrogen and oxygen atoms in total. The van der Waals surface area contributed by atoms with Crippen molar-refractivity contribution in [1.29, 1.82) is 0 Å². The molecule has 1 aromatic carbocycles. The van der Waals surface area contributed by atoms with Gasteiger partial charge in [-0.2, -0.15) is 0 Å². The maximum absolute atomic E-state index is 5.67. The summed E-state index contributed by atoms with van der Waals surface area (Å²) in [5, 5.41) is 7.20. The molecule has 1 heterocycles. The molecule has 1 saturated heterocycles. The summed E-state index contributed by atoms with van der Waals surface area (Å²) in [5.41, 5.74) is 1.32. The molecule has 0 aliphatic carbocycles. The summed E-state index contributed by atoms with van der Waals surface area (Å²) < 4.78 is 5.67. The molecular formula is C17H28N2O. The van der Waals surface area contributed by atoms with Gasteiger partial charge in [0.25, 0.3) is 0 Å². The van der Waals surface area contributed by atoms with E-state index in [-0.39, 0.29) is 6.10 Å². The third-order valence-corrected chi connectivity index (χ3v) is 3.83. The molecular weight excluding hydrogens is 248 g/mol. The van der Waals surface area contributed by atoms with E-state index in [0.29, 0.717) is 12.1 Å². The zero-order valence-electron chi connectivity index (χ0n) is 13.0. The first-order chi connectivity index (χ1) is 9.65. The molecule has 3 heteroatoms. The second-order valence-electron chi connectivity index (χ2n) is 6.01. The lowest BCUT2D eigenvalue weighted by Gasteiger charge is -2.25. The van der Waals surface area contributed by atoms with Gasteiger partial charge < -0.3 is 15.4 Å². The predicted octanol–water partition coefficient (Wildman–Crippen LogP) is 3.27. The van der Waals surface area contributed by atoms with E-state index in [1.165, 1.54) is 31.4 Å². The van der Waals surface area contributed by atoms with Gasteiger partial charge in [-0.15, -0.1) is 0 Å². The number of rotatable bonds is 6. The molecule has 2 atom stereocenters. The lowest BCUT2D eigenvalue weighted by molar-refractivity contribution is 0.242. The van der Waals surface area contributed by atoms with Gasteiger partial charge in [-0.25, -0.2) is 0 Å². The molecule has 0 bridgehead atoms. The van der Waals surface area contributed by atoms with Crippen molar-refractivity contribution in [3.8, 4) is 5.75 Å². The molecule has 0 amide bonds. The van der Waals surface area contributed by atoms with Crippen LogP contribution in [0.2, 0.25) is 0 Å². The van der Waals surface area contributed by atoms with Crippen molar-refractivity contribution in [3.05, 3.63) is 29.8 Å². The molecule has 0 aromatic heterocycles. The number of nitrogens with one attached hydrogen (secondary N) is 2. The maximum Gasteiger partial charge on any atom is 0.119 e. The lowest BCUT2D eigenvalue weighted by Crippen LogP contribution is -2.42. The summed E-state index contributed by atoms with van der Waals surface area (Å²) in [5.74, 6) is 0.949. The quantitative estimate of drug-likeness (QED) is 0.836. The molecule has 1 aromatic rings. The minimum Gasteiger partial charge on any atom is -0.491 e. The summed E-state index contributed by atoms with van der Waals surface area (Å²) in [6.07, 6.45) is 4.20. The number of ether oxygens (including phenoxy) is 1. The van der Waals surface area contributed by atoms with Gasteiger partial charge in [0, 0.05) is 18.6 Å². The van der Waals surface area contributed by atoms with Crippen LogP contribution < -0.4 is 15.4 Å². The van der Waals surface area contributed by atoms with E-state index in [4.69, 9.17) is 4.74 Å². The van der Waals surface area contributed by atoms with Crippen LogP contribution in [-0.4, -0.2) is 25.2 Å². The third kappa shape index (κ3) is 4.80. The van der Waals surface area contributed by atoms with Gasteiger partial charge in [-0.3, -0.25) is 0 Å². The topological polar surface area (TPSA) is 33.3 Å². The van der Waals surface area contributed by atoms with Crippen molar-refractivity contribution in [2.45, 2.75) is 58.2 Å². The molecule has 2 N–H and O–H groups in total. The summed E-state index contributed by atoms with van der Waals surface area (Å²) >= 11 is 0. The van der Waals surface area contributed by atoms with E-state index in [1.54, 1.807) is 0 Å². The Bertz CT molecular complexity index is 382. The van der Waals surface area contributed by atoms with Crippen molar-refractivity contribution in [3.63, 3.8) is 0 Å². The Morgan fingerprint density at radius 1 is 1.20 bits per heavy atom. The second kappa shape index (κ2) is 7.65. The highest BCUT2D eigenvalue weighted by atomic mass is 16.5. The first kappa shape index (κ1) is 15.3. The monoisotopic (exact) mass is 276 g/mol. The smallest absolute Gasteiger partial charge is 0.119 e. The third-order valence-electron chi connectivity index (χ3n) is 3.83. The Balaban J connectivity index is 1.80. The van der Waals surface area contributed by atoms with Crippen LogP contribution in [0.3, 0.4) is 0 Å². The van der Waals surface area contributed by atoms with Gasteiger partial charge in [0.1, 0.15) is 5.75 Å². The molecule has 1 aliphatic rings. The van der Waals surface area contributed by atoms with Crippen LogP contribution in [-0.2, 0) is 0 Å². The molecule has 0 radical (unpaired) electrons. The predicted molar refractivity (Wildman–Crippen MR) is 84.3 cm³/mol. The average molecular weight is 276 g/mol. The second-order valence-corrected chi connectivity index (χ2v) is 6.01. The van der Waals surface area contributed by atoms with E-state index in [9.17, 15) is 0 Å². The van der Waals surface area contributed by atoms with Crippen LogP contribution in [0.15, 0.2) is 24.3 Å². The molecule has 0 spiro atoms. The molecule has 2 unspecified atom stereocenters. The minimum absolute atomic E-state index is 0.230. The normalized spacial score (nSPS) is 20.9. The summed E-state index contributed by atoms with van der Waals surface area (Å²) in [4.78, 5) is 0. The van der Waals surface area contributed by atoms with Crippen LogP contribution in [0, 0.1) is 0 Å². The summed E-state index contributed by atoms with van der Waals surface area (Å²) in [7, 11) is 0. The fraction of sp³-hybridized carbons (Fsp3) is 0.647. The first-order valence-electron chi connectivity index (χ1n) is 7.88. The van der Waals surface area contributed by atoms with Crippen LogP contribution in [0.1, 0.15) is 51.6 Å². The van der Waals surface area contributed by atoms with Crippen LogP contribution in [0.25, 0.3) is 0 Å². The van der Waals surface area contributed by atoms with Crippen molar-refractivity contribution in [2.24, 2.45) is 0 Å². The van der Waals surface area contributed by atoms with Crippen molar-refractivity contribution >= 4 is 0 Å². The first-order valence-corrected chi connectivity index (χ1v) is 7.88. The molecule has 1 aliphatic heterocycles. The highest BCUT2D eigenvalue weighted by molar-refractivity contribution is 5.29. The van der Waals surface area contributed by atoms with Crippen molar-refractivity contribution < 1.29 is 4.74 Å². The van der Waals surface area contributed by atoms with Crippen LogP contribution >= 0.6 is 0 Å². The number of piperidine rings is 1. The fourth-order valence-electron chi connectivity index (χ4n) is 2.64. The Morgan fingerprint density at radius 2 is 1.95 bits per heavy atom. The highest BCUT2D eigenvalue weighted by Gasteiger charge is 2.13. The fourth-order valence-corrected chi connectivity index (χ4v) is 2.64. The summed E-state index contributed by atoms with van der Waals surface area (Å²) in [6, 6.07) is 9.45. The highest BCUT2D eigenvalue weighted by Crippen LogP contribution is 2.18. The average Bonchev–Trinajstić information content (AvgIpc) is 2.46. The maximum atomic E-state index is 5.67. The zero-order valence-corrected chi connectivity index (χ0v) is 13.0. The van der Waals surface area contributed by atoms with Gasteiger partial charge in [0.15, 0.2) is 0 Å². The zero-order chi connectivity index (χ0) is 14.4. The van der Waals surface area contributed by atoms with Gasteiger partial charge in [-0.05, 0) is 57.9 Å². The molecule has 112 valence electrons. The minimum atomic E-state index is 0.230. The van der Waals surface area contributed by atoms with E-state index < -0.39 is 0 Å². The molecule has 0 saturated carbocycles. The van der Waals surface area contributed by atoms with E-state index in [1.807, 2.05) is 0 Å². The molecule has 2 rings (SSSR count). The van der Waals surface area contributed by atoms with E-state index in [0.717, 1.165) is 12.3 Å². The molecule has 20 heavy (non-hydrogen) atoms. The van der Waals surface area contributed by atoms with Crippen LogP contribution in [0.4, 0.5) is 0 Å². The van der Waals surface area contributed by atoms with Crippen LogP contribution in [0.5, 0.6) is 5.75 Å². The van der Waals surface area contributed by atoms with Gasteiger partial charge in [-0.1, -0.05) is 18.6 Å². The Morgan fingerprint density at radius 3 is 2.55 bits per heavy atom. The molecule has 1 fully saturated rings. The largest absolute Gasteiger partial charge is 0.491 e. The number of benzene rings is 1. The lowest BCUT2D eigenvalue weighted by atomic mass is 10.0. The SMILES string of the molecule is CC(C)Oc1ccc(C(C)NCC2CCCCN2)cc1. The Kier molecular flexibility index (Phi) is 5.86. The van der Waals surface area contributed by atoms with Gasteiger partial charge in [0.2, 0.25) is 0 Å². The van der Waals surface area contributed by atoms with Crippen molar-refractivity contribution in [1.82, 2.24) is 10.6 Å². The Hall–Kier alpha value is -1.06.